The fourth-order valence-electron chi connectivity index (χ4n) is 3.73. The van der Waals surface area contributed by atoms with E-state index < -0.39 is 17.6 Å². The lowest BCUT2D eigenvalue weighted by Gasteiger charge is -2.12. The van der Waals surface area contributed by atoms with Gasteiger partial charge in [0.25, 0.3) is 0 Å². The number of anilines is 1. The third-order valence-electron chi connectivity index (χ3n) is 5.07. The number of aromatic nitrogens is 3. The Morgan fingerprint density at radius 3 is 2.52 bits per heavy atom. The molecule has 5 nitrogen and oxygen atoms in total. The number of hydrogen-bond acceptors (Lipinski definition) is 4. The monoisotopic (exact) mass is 352 g/mol. The van der Waals surface area contributed by atoms with Crippen molar-refractivity contribution in [3.05, 3.63) is 29.6 Å². The van der Waals surface area contributed by atoms with Gasteiger partial charge in [0.05, 0.1) is 24.5 Å². The molecule has 2 unspecified atom stereocenters. The van der Waals surface area contributed by atoms with Crippen LogP contribution in [0.5, 0.6) is 0 Å². The van der Waals surface area contributed by atoms with Crippen LogP contribution in [0.1, 0.15) is 37.1 Å². The van der Waals surface area contributed by atoms with Gasteiger partial charge in [0.15, 0.2) is 0 Å². The molecule has 0 amide bonds. The van der Waals surface area contributed by atoms with Crippen LogP contribution in [0, 0.1) is 11.8 Å². The smallest absolute Gasteiger partial charge is 0.383 e. The van der Waals surface area contributed by atoms with E-state index in [-0.39, 0.29) is 6.04 Å². The number of rotatable bonds is 3. The van der Waals surface area contributed by atoms with Crippen LogP contribution in [0.25, 0.3) is 11.3 Å². The molecule has 0 bridgehead atoms. The van der Waals surface area contributed by atoms with E-state index in [1.165, 1.54) is 6.20 Å². The molecule has 2 aromatic rings. The van der Waals surface area contributed by atoms with E-state index >= 15 is 0 Å². The molecule has 0 spiro atoms. The van der Waals surface area contributed by atoms with Crippen LogP contribution in [0.3, 0.4) is 0 Å². The first-order valence-corrected chi connectivity index (χ1v) is 8.27. The Morgan fingerprint density at radius 1 is 1.24 bits per heavy atom. The highest BCUT2D eigenvalue weighted by molar-refractivity contribution is 5.63. The summed E-state index contributed by atoms with van der Waals surface area (Å²) >= 11 is 0. The van der Waals surface area contributed by atoms with E-state index in [0.717, 1.165) is 25.0 Å². The molecule has 2 N–H and O–H groups in total. The van der Waals surface area contributed by atoms with Gasteiger partial charge in [-0.3, -0.25) is 4.68 Å². The summed E-state index contributed by atoms with van der Waals surface area (Å²) in [5.74, 6) is 0.851. The maximum Gasteiger partial charge on any atom is 0.419 e. The summed E-state index contributed by atoms with van der Waals surface area (Å²) in [7, 11) is 0. The fraction of sp³-hybridized carbons (Fsp3) is 0.529. The van der Waals surface area contributed by atoms with Crippen LogP contribution in [-0.2, 0) is 10.9 Å². The molecule has 2 aliphatic rings. The summed E-state index contributed by atoms with van der Waals surface area (Å²) in [6.07, 6.45) is -3.19. The summed E-state index contributed by atoms with van der Waals surface area (Å²) in [6.45, 7) is 5.51. The first-order valence-electron chi connectivity index (χ1n) is 8.27. The number of alkyl halides is 3. The second-order valence-electron chi connectivity index (χ2n) is 7.04. The van der Waals surface area contributed by atoms with E-state index in [9.17, 15) is 13.2 Å². The topological polar surface area (TPSA) is 66.0 Å². The molecule has 1 aliphatic carbocycles. The lowest BCUT2D eigenvalue weighted by Crippen LogP contribution is -2.11. The number of ether oxygens (including phenoxy) is 1. The van der Waals surface area contributed by atoms with Crippen LogP contribution in [0.4, 0.5) is 19.0 Å². The van der Waals surface area contributed by atoms with Crippen molar-refractivity contribution in [1.29, 1.82) is 0 Å². The molecule has 25 heavy (non-hydrogen) atoms. The summed E-state index contributed by atoms with van der Waals surface area (Å²) < 4.78 is 46.6. The number of pyridine rings is 1. The zero-order valence-electron chi connectivity index (χ0n) is 13.9. The Bertz CT molecular complexity index is 805. The van der Waals surface area contributed by atoms with Crippen molar-refractivity contribution in [3.63, 3.8) is 0 Å². The van der Waals surface area contributed by atoms with Gasteiger partial charge in [0, 0.05) is 29.4 Å². The molecule has 1 saturated carbocycles. The Kier molecular flexibility index (Phi) is 3.57. The lowest BCUT2D eigenvalue weighted by molar-refractivity contribution is -0.137. The molecule has 3 heterocycles. The number of nitrogens with two attached hydrogens (primary N) is 1. The number of nitrogen functional groups attached to an aromatic ring is 1. The minimum absolute atomic E-state index is 0.120. The molecule has 1 saturated heterocycles. The molecular weight excluding hydrogens is 333 g/mol. The van der Waals surface area contributed by atoms with Gasteiger partial charge in [-0.1, -0.05) is 0 Å². The predicted octanol–water partition coefficient (Wildman–Crippen LogP) is 3.49. The summed E-state index contributed by atoms with van der Waals surface area (Å²) in [5.41, 5.74) is 6.34. The molecular formula is C17H19F3N4O. The number of fused-ring (bicyclic) bond motifs is 1. The Labute approximate surface area is 143 Å². The molecule has 0 radical (unpaired) electrons. The average molecular weight is 352 g/mol. The molecule has 2 fully saturated rings. The molecule has 1 aliphatic heterocycles. The maximum absolute atomic E-state index is 13.1. The van der Waals surface area contributed by atoms with Crippen molar-refractivity contribution < 1.29 is 17.9 Å². The van der Waals surface area contributed by atoms with Gasteiger partial charge in [-0.2, -0.15) is 18.3 Å². The summed E-state index contributed by atoms with van der Waals surface area (Å²) in [5, 5.41) is 4.55. The zero-order valence-corrected chi connectivity index (χ0v) is 13.9. The van der Waals surface area contributed by atoms with Gasteiger partial charge in [-0.05, 0) is 37.8 Å². The highest BCUT2D eigenvalue weighted by Crippen LogP contribution is 2.58. The molecule has 2 atom stereocenters. The maximum atomic E-state index is 13.1. The Balaban J connectivity index is 1.74. The SMILES string of the molecule is CC(C)n1nc(-c2cnc(N)c(C(F)(F)F)c2)cc1C1C2COCC21. The van der Waals surface area contributed by atoms with Crippen LogP contribution in [0.2, 0.25) is 0 Å². The van der Waals surface area contributed by atoms with E-state index in [4.69, 9.17) is 10.5 Å². The van der Waals surface area contributed by atoms with Crippen molar-refractivity contribution in [1.82, 2.24) is 14.8 Å². The van der Waals surface area contributed by atoms with Gasteiger partial charge < -0.3 is 10.5 Å². The fourth-order valence-corrected chi connectivity index (χ4v) is 3.73. The number of hydrogen-bond donors (Lipinski definition) is 1. The van der Waals surface area contributed by atoms with Crippen molar-refractivity contribution >= 4 is 5.82 Å². The predicted molar refractivity (Wildman–Crippen MR) is 85.8 cm³/mol. The van der Waals surface area contributed by atoms with E-state index in [1.54, 1.807) is 0 Å². The number of nitrogens with zero attached hydrogens (tertiary/aromatic N) is 3. The van der Waals surface area contributed by atoms with E-state index in [1.807, 2.05) is 24.6 Å². The highest BCUT2D eigenvalue weighted by Gasteiger charge is 2.56. The minimum atomic E-state index is -4.54. The Morgan fingerprint density at radius 2 is 1.92 bits per heavy atom. The third kappa shape index (κ3) is 2.68. The van der Waals surface area contributed by atoms with Crippen LogP contribution >= 0.6 is 0 Å². The minimum Gasteiger partial charge on any atom is -0.383 e. The molecule has 4 rings (SSSR count). The van der Waals surface area contributed by atoms with Gasteiger partial charge >= 0.3 is 6.18 Å². The molecule has 134 valence electrons. The van der Waals surface area contributed by atoms with Crippen LogP contribution in [0.15, 0.2) is 18.3 Å². The average Bonchev–Trinajstić information content (AvgIpc) is 2.93. The normalized spacial score (nSPS) is 25.4. The van der Waals surface area contributed by atoms with Crippen LogP contribution < -0.4 is 5.73 Å². The first-order chi connectivity index (χ1) is 11.8. The molecule has 2 aromatic heterocycles. The summed E-state index contributed by atoms with van der Waals surface area (Å²) in [6, 6.07) is 3.03. The zero-order chi connectivity index (χ0) is 17.9. The highest BCUT2D eigenvalue weighted by atomic mass is 19.4. The van der Waals surface area contributed by atoms with Crippen LogP contribution in [-0.4, -0.2) is 28.0 Å². The van der Waals surface area contributed by atoms with Gasteiger partial charge in [-0.25, -0.2) is 4.98 Å². The largest absolute Gasteiger partial charge is 0.419 e. The van der Waals surface area contributed by atoms with Gasteiger partial charge in [0.1, 0.15) is 5.82 Å². The van der Waals surface area contributed by atoms with Crippen molar-refractivity contribution in [2.45, 2.75) is 32.0 Å². The third-order valence-corrected chi connectivity index (χ3v) is 5.07. The standard InChI is InChI=1S/C17H19F3N4O/c1-8(2)24-14(15-10-6-25-7-11(10)15)4-13(23-24)9-3-12(17(18,19)20)16(21)22-5-9/h3-5,8,10-11,15H,6-7H2,1-2H3,(H2,21,22). The number of halogens is 3. The van der Waals surface area contributed by atoms with Crippen molar-refractivity contribution in [3.8, 4) is 11.3 Å². The van der Waals surface area contributed by atoms with E-state index in [2.05, 4.69) is 10.1 Å². The molecule has 0 aromatic carbocycles. The van der Waals surface area contributed by atoms with Gasteiger partial charge in [-0.15, -0.1) is 0 Å². The van der Waals surface area contributed by atoms with Crippen molar-refractivity contribution in [2.24, 2.45) is 11.8 Å². The van der Waals surface area contributed by atoms with Crippen molar-refractivity contribution in [2.75, 3.05) is 18.9 Å². The summed E-state index contributed by atoms with van der Waals surface area (Å²) in [4.78, 5) is 3.71. The lowest BCUT2D eigenvalue weighted by atomic mass is 10.1. The van der Waals surface area contributed by atoms with E-state index in [0.29, 0.717) is 29.0 Å². The Hall–Kier alpha value is -2.09. The van der Waals surface area contributed by atoms with Gasteiger partial charge in [0.2, 0.25) is 0 Å². The first kappa shape index (κ1) is 16.4. The second-order valence-corrected chi connectivity index (χ2v) is 7.04. The molecule has 8 heteroatoms. The quantitative estimate of drug-likeness (QED) is 0.918. The second kappa shape index (κ2) is 5.45.